The number of nitrogens with two attached hydrogens (primary N) is 1. The normalized spacial score (nSPS) is 10.4. The number of benzene rings is 1. The summed E-state index contributed by atoms with van der Waals surface area (Å²) in [4.78, 5) is 25.1. The van der Waals surface area contributed by atoms with Crippen LogP contribution in [-0.4, -0.2) is 36.5 Å². The summed E-state index contributed by atoms with van der Waals surface area (Å²) in [6.45, 7) is 3.49. The lowest BCUT2D eigenvalue weighted by Gasteiger charge is -2.26. The third kappa shape index (κ3) is 3.61. The molecule has 1 rings (SSSR count). The number of methoxy groups -OCH3 is 1. The van der Waals surface area contributed by atoms with Gasteiger partial charge in [0.15, 0.2) is 0 Å². The summed E-state index contributed by atoms with van der Waals surface area (Å²) in [5.41, 5.74) is 6.27. The molecular weight excluding hydrogens is 268 g/mol. The van der Waals surface area contributed by atoms with Crippen LogP contribution in [0.5, 0.6) is 0 Å². The second-order valence-corrected chi connectivity index (χ2v) is 4.69. The molecule has 0 fully saturated rings. The van der Waals surface area contributed by atoms with Gasteiger partial charge in [0.25, 0.3) is 5.91 Å². The molecule has 0 atom stereocenters. The van der Waals surface area contributed by atoms with Crippen LogP contribution in [-0.2, 0) is 9.53 Å². The zero-order valence-corrected chi connectivity index (χ0v) is 11.9. The summed E-state index contributed by atoms with van der Waals surface area (Å²) in [5, 5.41) is 0.197. The van der Waals surface area contributed by atoms with Crippen LogP contribution in [0.1, 0.15) is 24.2 Å². The zero-order valence-electron chi connectivity index (χ0n) is 11.1. The maximum absolute atomic E-state index is 12.4. The van der Waals surface area contributed by atoms with Crippen LogP contribution >= 0.6 is 11.6 Å². The first kappa shape index (κ1) is 15.3. The second-order valence-electron chi connectivity index (χ2n) is 4.31. The molecule has 0 saturated carbocycles. The maximum atomic E-state index is 12.4. The van der Waals surface area contributed by atoms with Crippen LogP contribution in [0.25, 0.3) is 0 Å². The summed E-state index contributed by atoms with van der Waals surface area (Å²) in [6.07, 6.45) is 0. The summed E-state index contributed by atoms with van der Waals surface area (Å²) in [7, 11) is 1.28. The van der Waals surface area contributed by atoms with E-state index in [0.29, 0.717) is 5.69 Å². The van der Waals surface area contributed by atoms with Gasteiger partial charge in [-0.25, -0.2) is 0 Å². The summed E-state index contributed by atoms with van der Waals surface area (Å²) < 4.78 is 4.58. The predicted octanol–water partition coefficient (Wildman–Crippen LogP) is 1.95. The molecule has 0 radical (unpaired) electrons. The van der Waals surface area contributed by atoms with E-state index >= 15 is 0 Å². The number of nitrogens with zero attached hydrogens (tertiary/aromatic N) is 1. The van der Waals surface area contributed by atoms with Crippen LogP contribution in [0.15, 0.2) is 18.2 Å². The van der Waals surface area contributed by atoms with E-state index in [0.717, 1.165) is 0 Å². The number of amides is 1. The molecule has 0 aromatic heterocycles. The highest BCUT2D eigenvalue weighted by Gasteiger charge is 2.24. The zero-order chi connectivity index (χ0) is 14.6. The standard InChI is InChI=1S/C13H17ClN2O3/c1-8(2)16(7-11(17)19-3)13(18)9-5-4-6-10(15)12(9)14/h4-6,8H,7,15H2,1-3H3. The van der Waals surface area contributed by atoms with Crippen molar-refractivity contribution in [3.05, 3.63) is 28.8 Å². The van der Waals surface area contributed by atoms with Crippen LogP contribution in [0.4, 0.5) is 5.69 Å². The Morgan fingerprint density at radius 2 is 2.05 bits per heavy atom. The SMILES string of the molecule is COC(=O)CN(C(=O)c1cccc(N)c1Cl)C(C)C. The Morgan fingerprint density at radius 1 is 1.42 bits per heavy atom. The average molecular weight is 285 g/mol. The molecule has 0 bridgehead atoms. The molecule has 1 aromatic rings. The van der Waals surface area contributed by atoms with Gasteiger partial charge in [-0.05, 0) is 26.0 Å². The molecule has 1 aromatic carbocycles. The van der Waals surface area contributed by atoms with Crippen molar-refractivity contribution in [2.45, 2.75) is 19.9 Å². The van der Waals surface area contributed by atoms with Crippen molar-refractivity contribution in [3.63, 3.8) is 0 Å². The highest BCUT2D eigenvalue weighted by molar-refractivity contribution is 6.36. The van der Waals surface area contributed by atoms with Gasteiger partial charge in [-0.2, -0.15) is 0 Å². The van der Waals surface area contributed by atoms with Crippen molar-refractivity contribution >= 4 is 29.2 Å². The van der Waals surface area contributed by atoms with Gasteiger partial charge in [-0.1, -0.05) is 17.7 Å². The third-order valence-corrected chi connectivity index (χ3v) is 3.09. The number of ether oxygens (including phenoxy) is 1. The van der Waals surface area contributed by atoms with Crippen LogP contribution < -0.4 is 5.73 Å². The Hall–Kier alpha value is -1.75. The minimum Gasteiger partial charge on any atom is -0.468 e. The second kappa shape index (κ2) is 6.43. The summed E-state index contributed by atoms with van der Waals surface area (Å²) >= 11 is 6.02. The topological polar surface area (TPSA) is 72.6 Å². The molecule has 5 nitrogen and oxygen atoms in total. The fourth-order valence-corrected chi connectivity index (χ4v) is 1.77. The monoisotopic (exact) mass is 284 g/mol. The van der Waals surface area contributed by atoms with Crippen LogP contribution in [0.3, 0.4) is 0 Å². The number of nitrogen functional groups attached to an aromatic ring is 1. The molecule has 104 valence electrons. The van der Waals surface area contributed by atoms with Crippen molar-refractivity contribution in [2.75, 3.05) is 19.4 Å². The lowest BCUT2D eigenvalue weighted by atomic mass is 10.1. The predicted molar refractivity (Wildman–Crippen MR) is 74.1 cm³/mol. The maximum Gasteiger partial charge on any atom is 0.325 e. The molecule has 0 saturated heterocycles. The highest BCUT2D eigenvalue weighted by atomic mass is 35.5. The van der Waals surface area contributed by atoms with E-state index in [2.05, 4.69) is 4.74 Å². The third-order valence-electron chi connectivity index (χ3n) is 2.67. The molecule has 0 spiro atoms. The fourth-order valence-electron chi connectivity index (χ4n) is 1.56. The van der Waals surface area contributed by atoms with Gasteiger partial charge in [0, 0.05) is 6.04 Å². The summed E-state index contributed by atoms with van der Waals surface area (Å²) in [6, 6.07) is 4.67. The van der Waals surface area contributed by atoms with E-state index in [4.69, 9.17) is 17.3 Å². The van der Waals surface area contributed by atoms with E-state index in [1.54, 1.807) is 32.0 Å². The smallest absolute Gasteiger partial charge is 0.325 e. The lowest BCUT2D eigenvalue weighted by Crippen LogP contribution is -2.41. The first-order chi connectivity index (χ1) is 8.88. The van der Waals surface area contributed by atoms with Gasteiger partial charge in [0.1, 0.15) is 6.54 Å². The molecule has 0 heterocycles. The van der Waals surface area contributed by atoms with E-state index in [-0.39, 0.29) is 29.1 Å². The molecular formula is C13H17ClN2O3. The molecule has 0 unspecified atom stereocenters. The Bertz CT molecular complexity index is 489. The quantitative estimate of drug-likeness (QED) is 0.677. The largest absolute Gasteiger partial charge is 0.468 e. The van der Waals surface area contributed by atoms with Crippen molar-refractivity contribution in [2.24, 2.45) is 0 Å². The molecule has 0 aliphatic heterocycles. The number of carbonyl (C=O) groups excluding carboxylic acids is 2. The number of rotatable bonds is 4. The number of halogens is 1. The Balaban J connectivity index is 3.06. The van der Waals surface area contributed by atoms with Gasteiger partial charge in [0.05, 0.1) is 23.4 Å². The molecule has 0 aliphatic carbocycles. The van der Waals surface area contributed by atoms with Crippen molar-refractivity contribution in [1.82, 2.24) is 4.90 Å². The minimum absolute atomic E-state index is 0.127. The Labute approximate surface area is 117 Å². The van der Waals surface area contributed by atoms with E-state index < -0.39 is 5.97 Å². The van der Waals surface area contributed by atoms with Crippen LogP contribution in [0, 0.1) is 0 Å². The molecule has 2 N–H and O–H groups in total. The Morgan fingerprint density at radius 3 is 2.58 bits per heavy atom. The first-order valence-corrected chi connectivity index (χ1v) is 6.18. The van der Waals surface area contributed by atoms with Gasteiger partial charge in [-0.3, -0.25) is 9.59 Å². The molecule has 19 heavy (non-hydrogen) atoms. The average Bonchev–Trinajstić information content (AvgIpc) is 2.37. The lowest BCUT2D eigenvalue weighted by molar-refractivity contribution is -0.141. The number of carbonyl (C=O) groups is 2. The summed E-state index contributed by atoms with van der Waals surface area (Å²) in [5.74, 6) is -0.834. The van der Waals surface area contributed by atoms with Gasteiger partial charge in [0.2, 0.25) is 0 Å². The molecule has 1 amide bonds. The molecule has 6 heteroatoms. The minimum atomic E-state index is -0.484. The van der Waals surface area contributed by atoms with E-state index in [1.165, 1.54) is 12.0 Å². The number of esters is 1. The molecule has 0 aliphatic rings. The Kier molecular flexibility index (Phi) is 5.18. The van der Waals surface area contributed by atoms with Gasteiger partial charge in [-0.15, -0.1) is 0 Å². The van der Waals surface area contributed by atoms with Gasteiger partial charge < -0.3 is 15.4 Å². The number of hydrogen-bond acceptors (Lipinski definition) is 4. The fraction of sp³-hybridized carbons (Fsp3) is 0.385. The number of anilines is 1. The highest BCUT2D eigenvalue weighted by Crippen LogP contribution is 2.24. The van der Waals surface area contributed by atoms with Crippen LogP contribution in [0.2, 0.25) is 5.02 Å². The van der Waals surface area contributed by atoms with E-state index in [1.807, 2.05) is 0 Å². The van der Waals surface area contributed by atoms with Crippen molar-refractivity contribution in [1.29, 1.82) is 0 Å². The first-order valence-electron chi connectivity index (χ1n) is 5.80. The van der Waals surface area contributed by atoms with Gasteiger partial charge >= 0.3 is 5.97 Å². The van der Waals surface area contributed by atoms with E-state index in [9.17, 15) is 9.59 Å². The number of hydrogen-bond donors (Lipinski definition) is 1. The van der Waals surface area contributed by atoms with Crippen molar-refractivity contribution < 1.29 is 14.3 Å². The van der Waals surface area contributed by atoms with Crippen molar-refractivity contribution in [3.8, 4) is 0 Å².